The van der Waals surface area contributed by atoms with Gasteiger partial charge in [-0.25, -0.2) is 0 Å². The number of hydrogen-bond acceptors (Lipinski definition) is 3. The van der Waals surface area contributed by atoms with Crippen LogP contribution in [0.15, 0.2) is 30.3 Å². The van der Waals surface area contributed by atoms with E-state index >= 15 is 0 Å². The number of benzene rings is 1. The number of nitrogens with one attached hydrogen (secondary N) is 1. The first-order valence-corrected chi connectivity index (χ1v) is 7.23. The van der Waals surface area contributed by atoms with E-state index in [1.54, 1.807) is 13.8 Å². The van der Waals surface area contributed by atoms with Gasteiger partial charge in [0.05, 0.1) is 17.2 Å². The van der Waals surface area contributed by atoms with Crippen molar-refractivity contribution in [2.24, 2.45) is 5.92 Å². The van der Waals surface area contributed by atoms with Crippen molar-refractivity contribution < 1.29 is 9.90 Å². The van der Waals surface area contributed by atoms with Gasteiger partial charge in [-0.05, 0) is 26.3 Å². The molecular formula is C17H20N2O2. The van der Waals surface area contributed by atoms with Crippen LogP contribution < -0.4 is 0 Å². The minimum absolute atomic E-state index is 0.0140. The zero-order valence-electron chi connectivity index (χ0n) is 12.6. The second-order valence-electron chi connectivity index (χ2n) is 6.22. The lowest BCUT2D eigenvalue weighted by Gasteiger charge is -2.41. The molecular weight excluding hydrogens is 264 g/mol. The Balaban J connectivity index is 2.24. The van der Waals surface area contributed by atoms with Gasteiger partial charge < -0.3 is 5.11 Å². The third-order valence-electron chi connectivity index (χ3n) is 4.51. The summed E-state index contributed by atoms with van der Waals surface area (Å²) < 4.78 is 0. The van der Waals surface area contributed by atoms with E-state index in [9.17, 15) is 9.90 Å². The average Bonchev–Trinajstić information content (AvgIpc) is 2.77. The van der Waals surface area contributed by atoms with Crippen LogP contribution in [0.1, 0.15) is 42.3 Å². The Hall–Kier alpha value is -1.94. The molecule has 0 saturated heterocycles. The highest BCUT2D eigenvalue weighted by Crippen LogP contribution is 2.46. The number of aliphatic hydroxyl groups is 1. The predicted molar refractivity (Wildman–Crippen MR) is 80.1 cm³/mol. The molecule has 21 heavy (non-hydrogen) atoms. The van der Waals surface area contributed by atoms with Crippen molar-refractivity contribution in [1.82, 2.24) is 10.2 Å². The second-order valence-corrected chi connectivity index (χ2v) is 6.22. The molecule has 0 spiro atoms. The molecule has 2 aromatic rings. The smallest absolute Gasteiger partial charge is 0.136 e. The van der Waals surface area contributed by atoms with E-state index in [4.69, 9.17) is 0 Å². The topological polar surface area (TPSA) is 66.0 Å². The van der Waals surface area contributed by atoms with Crippen LogP contribution in [0.25, 0.3) is 0 Å². The molecule has 3 rings (SSSR count). The van der Waals surface area contributed by atoms with Gasteiger partial charge in [0, 0.05) is 23.6 Å². The fraction of sp³-hybridized carbons (Fsp3) is 0.412. The number of Topliss-reactive ketones (excluding diaryl/α,β-unsaturated/α-hetero) is 1. The van der Waals surface area contributed by atoms with Crippen molar-refractivity contribution in [2.45, 2.75) is 38.7 Å². The Labute approximate surface area is 124 Å². The van der Waals surface area contributed by atoms with E-state index < -0.39 is 11.5 Å². The lowest BCUT2D eigenvalue weighted by Crippen LogP contribution is -2.48. The first-order valence-electron chi connectivity index (χ1n) is 7.23. The van der Waals surface area contributed by atoms with Gasteiger partial charge in [0.15, 0.2) is 0 Å². The van der Waals surface area contributed by atoms with Crippen molar-refractivity contribution in [3.63, 3.8) is 0 Å². The molecule has 4 heteroatoms. The number of aromatic amines is 1. The van der Waals surface area contributed by atoms with Gasteiger partial charge in [-0.15, -0.1) is 0 Å². The Bertz CT molecular complexity index is 673. The molecule has 0 saturated carbocycles. The standard InChI is InChI=1S/C17H20N2O2/c1-10-14-13(19-18-10)9-17(3,21)16(11(2)20)15(14)12-7-5-4-6-8-12/h4-8,15-16,21H,9H2,1-3H3,(H,18,19)/t15?,16?,17-/m0/s1. The number of ketones is 1. The fourth-order valence-electron chi connectivity index (χ4n) is 3.70. The van der Waals surface area contributed by atoms with Gasteiger partial charge in [-0.3, -0.25) is 9.89 Å². The molecule has 2 unspecified atom stereocenters. The maximum atomic E-state index is 12.3. The Morgan fingerprint density at radius 3 is 2.67 bits per heavy atom. The second kappa shape index (κ2) is 4.81. The van der Waals surface area contributed by atoms with E-state index in [2.05, 4.69) is 10.2 Å². The first kappa shape index (κ1) is 14.0. The summed E-state index contributed by atoms with van der Waals surface area (Å²) >= 11 is 0. The number of hydrogen-bond donors (Lipinski definition) is 2. The molecule has 0 fully saturated rings. The molecule has 1 aromatic carbocycles. The van der Waals surface area contributed by atoms with Crippen LogP contribution in [0.2, 0.25) is 0 Å². The van der Waals surface area contributed by atoms with E-state index in [1.807, 2.05) is 37.3 Å². The molecule has 2 N–H and O–H groups in total. The number of fused-ring (bicyclic) bond motifs is 1. The van der Waals surface area contributed by atoms with Gasteiger partial charge in [0.25, 0.3) is 0 Å². The molecule has 3 atom stereocenters. The quantitative estimate of drug-likeness (QED) is 0.889. The zero-order valence-corrected chi connectivity index (χ0v) is 12.6. The van der Waals surface area contributed by atoms with E-state index in [1.165, 1.54) is 0 Å². The lowest BCUT2D eigenvalue weighted by molar-refractivity contribution is -0.130. The highest BCUT2D eigenvalue weighted by atomic mass is 16.3. The fourth-order valence-corrected chi connectivity index (χ4v) is 3.70. The highest BCUT2D eigenvalue weighted by molar-refractivity contribution is 5.82. The largest absolute Gasteiger partial charge is 0.389 e. The minimum atomic E-state index is -1.08. The van der Waals surface area contributed by atoms with Gasteiger partial charge in [-0.1, -0.05) is 30.3 Å². The van der Waals surface area contributed by atoms with Gasteiger partial charge in [0.2, 0.25) is 0 Å². The molecule has 0 amide bonds. The van der Waals surface area contributed by atoms with Gasteiger partial charge in [0.1, 0.15) is 5.78 Å². The summed E-state index contributed by atoms with van der Waals surface area (Å²) in [4.78, 5) is 12.3. The molecule has 110 valence electrons. The van der Waals surface area contributed by atoms with Crippen LogP contribution in [0.5, 0.6) is 0 Å². The summed E-state index contributed by atoms with van der Waals surface area (Å²) in [5, 5.41) is 18.1. The van der Waals surface area contributed by atoms with Crippen molar-refractivity contribution in [3.8, 4) is 0 Å². The van der Waals surface area contributed by atoms with Gasteiger partial charge >= 0.3 is 0 Å². The van der Waals surface area contributed by atoms with Crippen LogP contribution in [0.4, 0.5) is 0 Å². The Kier molecular flexibility index (Phi) is 3.21. The summed E-state index contributed by atoms with van der Waals surface area (Å²) in [5.74, 6) is -0.593. The first-order chi connectivity index (χ1) is 9.92. The SMILES string of the molecule is CC(=O)C1C(c2ccccc2)c2c(n[nH]c2C)C[C@]1(C)O. The molecule has 1 aliphatic carbocycles. The summed E-state index contributed by atoms with van der Waals surface area (Å²) in [6.45, 7) is 5.27. The van der Waals surface area contributed by atoms with Crippen LogP contribution >= 0.6 is 0 Å². The number of carbonyl (C=O) groups is 1. The normalized spacial score (nSPS) is 28.2. The van der Waals surface area contributed by atoms with Crippen molar-refractivity contribution in [3.05, 3.63) is 52.8 Å². The summed E-state index contributed by atoms with van der Waals surface area (Å²) in [7, 11) is 0. The maximum Gasteiger partial charge on any atom is 0.136 e. The number of rotatable bonds is 2. The van der Waals surface area contributed by atoms with Crippen molar-refractivity contribution in [1.29, 1.82) is 0 Å². The summed E-state index contributed by atoms with van der Waals surface area (Å²) in [6, 6.07) is 9.91. The third kappa shape index (κ3) is 2.20. The van der Waals surface area contributed by atoms with E-state index in [0.717, 1.165) is 22.5 Å². The monoisotopic (exact) mass is 284 g/mol. The Morgan fingerprint density at radius 2 is 2.05 bits per heavy atom. The molecule has 0 radical (unpaired) electrons. The van der Waals surface area contributed by atoms with Crippen molar-refractivity contribution >= 4 is 5.78 Å². The summed E-state index contributed by atoms with van der Waals surface area (Å²) in [6.07, 6.45) is 0.403. The number of aryl methyl sites for hydroxylation is 1. The lowest BCUT2D eigenvalue weighted by atomic mass is 9.64. The summed E-state index contributed by atoms with van der Waals surface area (Å²) in [5.41, 5.74) is 2.86. The number of nitrogens with zero attached hydrogens (tertiary/aromatic N) is 1. The van der Waals surface area contributed by atoms with E-state index in [-0.39, 0.29) is 11.7 Å². The Morgan fingerprint density at radius 1 is 1.38 bits per heavy atom. The molecule has 1 aromatic heterocycles. The van der Waals surface area contributed by atoms with Gasteiger partial charge in [-0.2, -0.15) is 5.10 Å². The number of carbonyl (C=O) groups excluding carboxylic acids is 1. The average molecular weight is 284 g/mol. The molecule has 0 aliphatic heterocycles. The van der Waals surface area contributed by atoms with Crippen LogP contribution in [0.3, 0.4) is 0 Å². The van der Waals surface area contributed by atoms with Crippen LogP contribution in [0, 0.1) is 12.8 Å². The molecule has 0 bridgehead atoms. The molecule has 1 heterocycles. The van der Waals surface area contributed by atoms with Crippen molar-refractivity contribution in [2.75, 3.05) is 0 Å². The third-order valence-corrected chi connectivity index (χ3v) is 4.51. The molecule has 4 nitrogen and oxygen atoms in total. The maximum absolute atomic E-state index is 12.3. The van der Waals surface area contributed by atoms with Crippen LogP contribution in [-0.4, -0.2) is 26.7 Å². The highest BCUT2D eigenvalue weighted by Gasteiger charge is 2.48. The number of H-pyrrole nitrogens is 1. The van der Waals surface area contributed by atoms with Crippen LogP contribution in [-0.2, 0) is 11.2 Å². The predicted octanol–water partition coefficient (Wildman–Crippen LogP) is 2.36. The zero-order chi connectivity index (χ0) is 15.2. The minimum Gasteiger partial charge on any atom is -0.389 e. The van der Waals surface area contributed by atoms with E-state index in [0.29, 0.717) is 6.42 Å². The number of aromatic nitrogens is 2. The molecule has 1 aliphatic rings.